The van der Waals surface area contributed by atoms with E-state index in [4.69, 9.17) is 9.47 Å². The molecule has 0 saturated carbocycles. The third-order valence-electron chi connectivity index (χ3n) is 5.45. The highest BCUT2D eigenvalue weighted by Crippen LogP contribution is 2.35. The Balaban J connectivity index is 1.66. The van der Waals surface area contributed by atoms with Gasteiger partial charge in [0.1, 0.15) is 10.8 Å². The lowest BCUT2D eigenvalue weighted by Crippen LogP contribution is -2.47. The maximum absolute atomic E-state index is 5.64. The fourth-order valence-corrected chi connectivity index (χ4v) is 4.40. The van der Waals surface area contributed by atoms with Crippen LogP contribution < -0.4 is 15.4 Å². The van der Waals surface area contributed by atoms with Gasteiger partial charge in [0, 0.05) is 37.1 Å². The fraction of sp³-hybridized carbons (Fsp3) is 0.524. The van der Waals surface area contributed by atoms with Crippen LogP contribution in [0.1, 0.15) is 34.0 Å². The Morgan fingerprint density at radius 2 is 1.93 bits per heavy atom. The summed E-state index contributed by atoms with van der Waals surface area (Å²) in [6, 6.07) is 8.41. The number of guanidine groups is 1. The van der Waals surface area contributed by atoms with Gasteiger partial charge in [-0.3, -0.25) is 4.99 Å². The molecule has 1 aromatic heterocycles. The molecule has 1 saturated heterocycles. The van der Waals surface area contributed by atoms with Crippen LogP contribution in [-0.4, -0.2) is 44.9 Å². The van der Waals surface area contributed by atoms with Gasteiger partial charge >= 0.3 is 0 Å². The molecular weight excluding hydrogens is 372 g/mol. The van der Waals surface area contributed by atoms with Crippen LogP contribution in [0.25, 0.3) is 0 Å². The first-order valence-corrected chi connectivity index (χ1v) is 10.5. The summed E-state index contributed by atoms with van der Waals surface area (Å²) in [7, 11) is 3.50. The van der Waals surface area contributed by atoms with E-state index in [0.29, 0.717) is 6.54 Å². The van der Waals surface area contributed by atoms with Gasteiger partial charge in [0.15, 0.2) is 5.96 Å². The molecule has 0 aliphatic carbocycles. The zero-order chi connectivity index (χ0) is 20.0. The number of thiazole rings is 1. The van der Waals surface area contributed by atoms with E-state index < -0.39 is 0 Å². The zero-order valence-electron chi connectivity index (χ0n) is 17.2. The van der Waals surface area contributed by atoms with Crippen LogP contribution in [-0.2, 0) is 16.7 Å². The Labute approximate surface area is 171 Å². The maximum Gasteiger partial charge on any atom is 0.191 e. The third kappa shape index (κ3) is 4.83. The van der Waals surface area contributed by atoms with Crippen molar-refractivity contribution in [1.29, 1.82) is 0 Å². The number of nitrogens with zero attached hydrogens (tertiary/aromatic N) is 2. The molecule has 0 amide bonds. The first kappa shape index (κ1) is 20.6. The first-order valence-electron chi connectivity index (χ1n) is 9.66. The van der Waals surface area contributed by atoms with Crippen molar-refractivity contribution in [3.8, 4) is 5.75 Å². The Morgan fingerprint density at radius 3 is 2.50 bits per heavy atom. The van der Waals surface area contributed by atoms with E-state index in [1.54, 1.807) is 25.5 Å². The van der Waals surface area contributed by atoms with Gasteiger partial charge in [0.2, 0.25) is 0 Å². The van der Waals surface area contributed by atoms with Gasteiger partial charge in [-0.05, 0) is 44.4 Å². The molecule has 0 atom stereocenters. The lowest BCUT2D eigenvalue weighted by molar-refractivity contribution is 0.0513. The van der Waals surface area contributed by atoms with Crippen molar-refractivity contribution >= 4 is 17.3 Å². The maximum atomic E-state index is 5.64. The minimum atomic E-state index is 0.0243. The highest BCUT2D eigenvalue weighted by atomic mass is 32.1. The summed E-state index contributed by atoms with van der Waals surface area (Å²) < 4.78 is 11.0. The Morgan fingerprint density at radius 1 is 1.21 bits per heavy atom. The number of aryl methyl sites for hydroxylation is 2. The van der Waals surface area contributed by atoms with Crippen molar-refractivity contribution in [1.82, 2.24) is 15.6 Å². The number of nitrogens with one attached hydrogen (secondary N) is 2. The fourth-order valence-electron chi connectivity index (χ4n) is 3.52. The quantitative estimate of drug-likeness (QED) is 0.574. The second-order valence-electron chi connectivity index (χ2n) is 7.15. The van der Waals surface area contributed by atoms with Crippen LogP contribution >= 0.6 is 11.3 Å². The number of methoxy groups -OCH3 is 1. The molecule has 1 aliphatic rings. The molecule has 0 radical (unpaired) electrons. The number of hydrogen-bond acceptors (Lipinski definition) is 5. The molecule has 6 nitrogen and oxygen atoms in total. The molecule has 1 aromatic carbocycles. The number of aromatic nitrogens is 1. The predicted octanol–water partition coefficient (Wildman–Crippen LogP) is 3.18. The Kier molecular flexibility index (Phi) is 6.91. The van der Waals surface area contributed by atoms with E-state index in [1.807, 2.05) is 19.1 Å². The van der Waals surface area contributed by atoms with Crippen LogP contribution in [0, 0.1) is 13.8 Å². The third-order valence-corrected chi connectivity index (χ3v) is 6.52. The lowest BCUT2D eigenvalue weighted by Gasteiger charge is -2.38. The van der Waals surface area contributed by atoms with Gasteiger partial charge in [-0.2, -0.15) is 0 Å². The lowest BCUT2D eigenvalue weighted by atomic mass is 9.74. The number of benzene rings is 1. The van der Waals surface area contributed by atoms with E-state index in [2.05, 4.69) is 39.7 Å². The molecule has 1 fully saturated rings. The van der Waals surface area contributed by atoms with Crippen LogP contribution in [0.15, 0.2) is 29.3 Å². The minimum Gasteiger partial charge on any atom is -0.497 e. The number of rotatable bonds is 6. The second kappa shape index (κ2) is 9.39. The van der Waals surface area contributed by atoms with Crippen LogP contribution in [0.3, 0.4) is 0 Å². The molecule has 152 valence electrons. The summed E-state index contributed by atoms with van der Waals surface area (Å²) in [5, 5.41) is 7.99. The van der Waals surface area contributed by atoms with Crippen molar-refractivity contribution in [2.75, 3.05) is 33.9 Å². The number of aliphatic imine (C=N–C) groups is 1. The number of ether oxygens (including phenoxy) is 2. The molecule has 2 aromatic rings. The van der Waals surface area contributed by atoms with E-state index in [1.165, 1.54) is 10.4 Å². The highest BCUT2D eigenvalue weighted by Gasteiger charge is 2.34. The van der Waals surface area contributed by atoms with Gasteiger partial charge in [-0.25, -0.2) is 4.98 Å². The van der Waals surface area contributed by atoms with E-state index in [0.717, 1.165) is 55.0 Å². The molecule has 1 aliphatic heterocycles. The molecule has 0 bridgehead atoms. The summed E-state index contributed by atoms with van der Waals surface area (Å²) in [4.78, 5) is 10.2. The molecular formula is C21H30N4O2S. The molecule has 0 unspecified atom stereocenters. The van der Waals surface area contributed by atoms with Crippen molar-refractivity contribution in [3.63, 3.8) is 0 Å². The van der Waals surface area contributed by atoms with Gasteiger partial charge in [-0.1, -0.05) is 12.1 Å². The van der Waals surface area contributed by atoms with Crippen molar-refractivity contribution in [3.05, 3.63) is 45.4 Å². The Hall–Kier alpha value is -2.12. The summed E-state index contributed by atoms with van der Waals surface area (Å²) in [6.45, 7) is 7.18. The van der Waals surface area contributed by atoms with E-state index in [-0.39, 0.29) is 5.41 Å². The minimum absolute atomic E-state index is 0.0243. The van der Waals surface area contributed by atoms with E-state index >= 15 is 0 Å². The van der Waals surface area contributed by atoms with Crippen molar-refractivity contribution in [2.45, 2.75) is 38.6 Å². The molecule has 2 N–H and O–H groups in total. The molecule has 2 heterocycles. The average molecular weight is 403 g/mol. The molecule has 0 spiro atoms. The van der Waals surface area contributed by atoms with Crippen LogP contribution in [0.4, 0.5) is 0 Å². The van der Waals surface area contributed by atoms with Crippen molar-refractivity contribution in [2.24, 2.45) is 4.99 Å². The topological polar surface area (TPSA) is 67.8 Å². The summed E-state index contributed by atoms with van der Waals surface area (Å²) >= 11 is 1.73. The standard InChI is InChI=1S/C21H30N4O2S/c1-15-16(2)28-19(25-15)13-23-20(22-3)24-14-21(9-11-27-12-10-21)17-5-7-18(26-4)8-6-17/h5-8H,9-14H2,1-4H3,(H2,22,23,24). The normalized spacial score (nSPS) is 16.6. The second-order valence-corrected chi connectivity index (χ2v) is 8.44. The smallest absolute Gasteiger partial charge is 0.191 e. The predicted molar refractivity (Wildman–Crippen MR) is 115 cm³/mol. The Bertz CT molecular complexity index is 776. The summed E-state index contributed by atoms with van der Waals surface area (Å²) in [5.74, 6) is 1.68. The van der Waals surface area contributed by atoms with Crippen molar-refractivity contribution < 1.29 is 9.47 Å². The van der Waals surface area contributed by atoms with Gasteiger partial charge in [-0.15, -0.1) is 11.3 Å². The zero-order valence-corrected chi connectivity index (χ0v) is 18.0. The van der Waals surface area contributed by atoms with Gasteiger partial charge in [0.25, 0.3) is 0 Å². The van der Waals surface area contributed by atoms with Crippen LogP contribution in [0.2, 0.25) is 0 Å². The monoisotopic (exact) mass is 402 g/mol. The van der Waals surface area contributed by atoms with Gasteiger partial charge < -0.3 is 20.1 Å². The molecule has 3 rings (SSSR count). The number of hydrogen-bond donors (Lipinski definition) is 2. The molecule has 7 heteroatoms. The van der Waals surface area contributed by atoms with Crippen LogP contribution in [0.5, 0.6) is 5.75 Å². The molecule has 28 heavy (non-hydrogen) atoms. The largest absolute Gasteiger partial charge is 0.497 e. The summed E-state index contributed by atoms with van der Waals surface area (Å²) in [6.07, 6.45) is 1.96. The SMILES string of the molecule is CN=C(NCc1nc(C)c(C)s1)NCC1(c2ccc(OC)cc2)CCOCC1. The van der Waals surface area contributed by atoms with E-state index in [9.17, 15) is 0 Å². The van der Waals surface area contributed by atoms with Gasteiger partial charge in [0.05, 0.1) is 19.3 Å². The average Bonchev–Trinajstić information content (AvgIpc) is 3.06. The summed E-state index contributed by atoms with van der Waals surface area (Å²) in [5.41, 5.74) is 2.44. The first-order chi connectivity index (χ1) is 13.6. The highest BCUT2D eigenvalue weighted by molar-refractivity contribution is 7.11.